The maximum absolute atomic E-state index is 12.3. The SMILES string of the molecule is CCCN(C)c1ccc(C(=O)NC2CCC(C(=O)O)CC2)cc1. The first-order valence-corrected chi connectivity index (χ1v) is 8.36. The lowest BCUT2D eigenvalue weighted by Gasteiger charge is -2.27. The number of hydrogen-bond donors (Lipinski definition) is 2. The van der Waals surface area contributed by atoms with Crippen LogP contribution in [-0.2, 0) is 4.79 Å². The van der Waals surface area contributed by atoms with Crippen LogP contribution < -0.4 is 10.2 Å². The average Bonchev–Trinajstić information content (AvgIpc) is 2.55. The quantitative estimate of drug-likeness (QED) is 0.846. The fourth-order valence-electron chi connectivity index (χ4n) is 3.09. The second-order valence-corrected chi connectivity index (χ2v) is 6.33. The maximum atomic E-state index is 12.3. The van der Waals surface area contributed by atoms with E-state index in [4.69, 9.17) is 5.11 Å². The lowest BCUT2D eigenvalue weighted by atomic mass is 9.86. The van der Waals surface area contributed by atoms with Gasteiger partial charge in [0.2, 0.25) is 0 Å². The van der Waals surface area contributed by atoms with Gasteiger partial charge in [-0.15, -0.1) is 0 Å². The molecule has 0 heterocycles. The highest BCUT2D eigenvalue weighted by molar-refractivity contribution is 5.94. The fraction of sp³-hybridized carbons (Fsp3) is 0.556. The number of carboxylic acid groups (broad SMARTS) is 1. The monoisotopic (exact) mass is 318 g/mol. The highest BCUT2D eigenvalue weighted by atomic mass is 16.4. The zero-order chi connectivity index (χ0) is 16.8. The molecule has 0 unspecified atom stereocenters. The van der Waals surface area contributed by atoms with Crippen molar-refractivity contribution in [3.8, 4) is 0 Å². The zero-order valence-electron chi connectivity index (χ0n) is 13.9. The van der Waals surface area contributed by atoms with Gasteiger partial charge in [-0.05, 0) is 56.4 Å². The third-order valence-corrected chi connectivity index (χ3v) is 4.54. The number of aliphatic carboxylic acids is 1. The Morgan fingerprint density at radius 1 is 1.17 bits per heavy atom. The predicted octanol–water partition coefficient (Wildman–Crippen LogP) is 2.91. The molecule has 23 heavy (non-hydrogen) atoms. The molecule has 0 aromatic heterocycles. The smallest absolute Gasteiger partial charge is 0.306 e. The van der Waals surface area contributed by atoms with Crippen LogP contribution in [0, 0.1) is 5.92 Å². The van der Waals surface area contributed by atoms with Gasteiger partial charge in [0.05, 0.1) is 5.92 Å². The van der Waals surface area contributed by atoms with E-state index in [9.17, 15) is 9.59 Å². The summed E-state index contributed by atoms with van der Waals surface area (Å²) in [4.78, 5) is 25.4. The molecule has 1 aliphatic carbocycles. The van der Waals surface area contributed by atoms with E-state index in [-0.39, 0.29) is 17.9 Å². The van der Waals surface area contributed by atoms with Crippen LogP contribution in [0.5, 0.6) is 0 Å². The van der Waals surface area contributed by atoms with Crippen molar-refractivity contribution in [3.05, 3.63) is 29.8 Å². The molecule has 0 radical (unpaired) electrons. The Morgan fingerprint density at radius 2 is 1.78 bits per heavy atom. The first-order chi connectivity index (χ1) is 11.0. The van der Waals surface area contributed by atoms with E-state index in [1.807, 2.05) is 31.3 Å². The summed E-state index contributed by atoms with van der Waals surface area (Å²) in [5.74, 6) is -1.05. The summed E-state index contributed by atoms with van der Waals surface area (Å²) in [7, 11) is 2.04. The van der Waals surface area contributed by atoms with Crippen LogP contribution in [0.3, 0.4) is 0 Å². The Hall–Kier alpha value is -2.04. The fourth-order valence-corrected chi connectivity index (χ4v) is 3.09. The second-order valence-electron chi connectivity index (χ2n) is 6.33. The first kappa shape index (κ1) is 17.3. The molecule has 1 fully saturated rings. The van der Waals surface area contributed by atoms with Gasteiger partial charge in [0, 0.05) is 30.9 Å². The molecule has 126 valence electrons. The van der Waals surface area contributed by atoms with Crippen LogP contribution >= 0.6 is 0 Å². The molecule has 1 aromatic rings. The van der Waals surface area contributed by atoms with Crippen LogP contribution in [0.25, 0.3) is 0 Å². The summed E-state index contributed by atoms with van der Waals surface area (Å²) in [6.07, 6.45) is 3.83. The van der Waals surface area contributed by atoms with Crippen molar-refractivity contribution in [2.75, 3.05) is 18.5 Å². The number of amides is 1. The Bertz CT molecular complexity index is 534. The molecule has 1 aliphatic rings. The van der Waals surface area contributed by atoms with Gasteiger partial charge in [0.25, 0.3) is 5.91 Å². The lowest BCUT2D eigenvalue weighted by molar-refractivity contribution is -0.142. The normalized spacial score (nSPS) is 20.8. The molecule has 2 rings (SSSR count). The van der Waals surface area contributed by atoms with Crippen molar-refractivity contribution in [1.82, 2.24) is 5.32 Å². The summed E-state index contributed by atoms with van der Waals surface area (Å²) >= 11 is 0. The number of hydrogen-bond acceptors (Lipinski definition) is 3. The number of rotatable bonds is 6. The highest BCUT2D eigenvalue weighted by Gasteiger charge is 2.26. The number of nitrogens with zero attached hydrogens (tertiary/aromatic N) is 1. The van der Waals surface area contributed by atoms with E-state index >= 15 is 0 Å². The number of anilines is 1. The summed E-state index contributed by atoms with van der Waals surface area (Å²) in [5.41, 5.74) is 1.75. The highest BCUT2D eigenvalue weighted by Crippen LogP contribution is 2.24. The van der Waals surface area contributed by atoms with Crippen molar-refractivity contribution < 1.29 is 14.7 Å². The Balaban J connectivity index is 1.88. The molecule has 5 nitrogen and oxygen atoms in total. The number of carbonyl (C=O) groups excluding carboxylic acids is 1. The van der Waals surface area contributed by atoms with Crippen molar-refractivity contribution in [3.63, 3.8) is 0 Å². The molecule has 0 bridgehead atoms. The van der Waals surface area contributed by atoms with E-state index in [0.29, 0.717) is 18.4 Å². The number of carboxylic acids is 1. The van der Waals surface area contributed by atoms with Crippen molar-refractivity contribution in [1.29, 1.82) is 0 Å². The third-order valence-electron chi connectivity index (χ3n) is 4.54. The number of carbonyl (C=O) groups is 2. The molecule has 2 N–H and O–H groups in total. The third kappa shape index (κ3) is 4.71. The molecule has 0 spiro atoms. The maximum Gasteiger partial charge on any atom is 0.306 e. The Morgan fingerprint density at radius 3 is 2.30 bits per heavy atom. The van der Waals surface area contributed by atoms with Crippen LogP contribution in [-0.4, -0.2) is 36.6 Å². The van der Waals surface area contributed by atoms with E-state index in [0.717, 1.165) is 31.5 Å². The minimum Gasteiger partial charge on any atom is -0.481 e. The number of benzene rings is 1. The summed E-state index contributed by atoms with van der Waals surface area (Å²) in [6, 6.07) is 7.71. The largest absolute Gasteiger partial charge is 0.481 e. The Labute approximate surface area is 137 Å². The van der Waals surface area contributed by atoms with Crippen LogP contribution in [0.2, 0.25) is 0 Å². The molecular weight excluding hydrogens is 292 g/mol. The average molecular weight is 318 g/mol. The zero-order valence-corrected chi connectivity index (χ0v) is 13.9. The lowest BCUT2D eigenvalue weighted by Crippen LogP contribution is -2.38. The molecule has 1 saturated carbocycles. The van der Waals surface area contributed by atoms with Gasteiger partial charge in [-0.1, -0.05) is 6.92 Å². The van der Waals surface area contributed by atoms with E-state index in [1.165, 1.54) is 0 Å². The van der Waals surface area contributed by atoms with Crippen molar-refractivity contribution >= 4 is 17.6 Å². The molecule has 0 aliphatic heterocycles. The van der Waals surface area contributed by atoms with Gasteiger partial charge >= 0.3 is 5.97 Å². The van der Waals surface area contributed by atoms with Crippen LogP contribution in [0.1, 0.15) is 49.4 Å². The van der Waals surface area contributed by atoms with Crippen LogP contribution in [0.15, 0.2) is 24.3 Å². The summed E-state index contributed by atoms with van der Waals surface area (Å²) < 4.78 is 0. The van der Waals surface area contributed by atoms with Crippen molar-refractivity contribution in [2.24, 2.45) is 5.92 Å². The second kappa shape index (κ2) is 7.99. The molecule has 1 amide bonds. The van der Waals surface area contributed by atoms with E-state index < -0.39 is 5.97 Å². The Kier molecular flexibility index (Phi) is 6.02. The van der Waals surface area contributed by atoms with Crippen molar-refractivity contribution in [2.45, 2.75) is 45.1 Å². The minimum atomic E-state index is -0.721. The molecule has 0 atom stereocenters. The molecule has 5 heteroatoms. The summed E-state index contributed by atoms with van der Waals surface area (Å²) in [6.45, 7) is 3.12. The molecular formula is C18H26N2O3. The van der Waals surface area contributed by atoms with Crippen LogP contribution in [0.4, 0.5) is 5.69 Å². The predicted molar refractivity (Wildman–Crippen MR) is 90.9 cm³/mol. The molecule has 1 aromatic carbocycles. The summed E-state index contributed by atoms with van der Waals surface area (Å²) in [5, 5.41) is 12.0. The van der Waals surface area contributed by atoms with Gasteiger partial charge in [-0.3, -0.25) is 9.59 Å². The topological polar surface area (TPSA) is 69.6 Å². The van der Waals surface area contributed by atoms with E-state index in [2.05, 4.69) is 17.1 Å². The van der Waals surface area contributed by atoms with Gasteiger partial charge in [-0.2, -0.15) is 0 Å². The number of nitrogens with one attached hydrogen (secondary N) is 1. The van der Waals surface area contributed by atoms with Gasteiger partial charge in [0.1, 0.15) is 0 Å². The molecule has 0 saturated heterocycles. The standard InChI is InChI=1S/C18H26N2O3/c1-3-12-20(2)16-10-6-13(7-11-16)17(21)19-15-8-4-14(5-9-15)18(22)23/h6-7,10-11,14-15H,3-5,8-9,12H2,1-2H3,(H,19,21)(H,22,23). The van der Waals surface area contributed by atoms with Gasteiger partial charge in [-0.25, -0.2) is 0 Å². The van der Waals surface area contributed by atoms with Gasteiger partial charge in [0.15, 0.2) is 0 Å². The first-order valence-electron chi connectivity index (χ1n) is 8.36. The minimum absolute atomic E-state index is 0.0755. The van der Waals surface area contributed by atoms with E-state index in [1.54, 1.807) is 0 Å². The van der Waals surface area contributed by atoms with Gasteiger partial charge < -0.3 is 15.3 Å².